The number of carbonyl (C=O) groups excluding carboxylic acids is 1. The Morgan fingerprint density at radius 3 is 2.57 bits per heavy atom. The van der Waals surface area contributed by atoms with Crippen LogP contribution in [0.1, 0.15) is 17.5 Å². The van der Waals surface area contributed by atoms with Crippen molar-refractivity contribution in [1.82, 2.24) is 4.90 Å². The van der Waals surface area contributed by atoms with Gasteiger partial charge in [0.05, 0.1) is 17.5 Å². The van der Waals surface area contributed by atoms with E-state index in [2.05, 4.69) is 10.0 Å². The molecular weight excluding hydrogens is 408 g/mol. The van der Waals surface area contributed by atoms with Crippen molar-refractivity contribution in [3.63, 3.8) is 0 Å². The molecule has 30 heavy (non-hydrogen) atoms. The molecule has 0 bridgehead atoms. The van der Waals surface area contributed by atoms with Crippen LogP contribution >= 0.6 is 0 Å². The minimum atomic E-state index is -4.09. The number of rotatable bonds is 6. The Labute approximate surface area is 175 Å². The Morgan fingerprint density at radius 2 is 1.90 bits per heavy atom. The van der Waals surface area contributed by atoms with E-state index in [9.17, 15) is 13.2 Å². The van der Waals surface area contributed by atoms with E-state index in [4.69, 9.17) is 14.5 Å². The smallest absolute Gasteiger partial charge is 0.410 e. The van der Waals surface area contributed by atoms with Gasteiger partial charge in [0.25, 0.3) is 10.1 Å². The van der Waals surface area contributed by atoms with Crippen LogP contribution in [0, 0.1) is 6.92 Å². The standard InChI is InChI=1S/C20H22N4O5S/c1-15-7-9-17(10-8-15)30(26,27)29-19-13-24(12-11-18(19)22-23-21)20(25)28-14-16-5-3-2-4-6-16/h2-10,18-19H,11-14H2,1H3/t18-,19-/m0/s1. The number of ether oxygens (including phenoxy) is 1. The van der Waals surface area contributed by atoms with Gasteiger partial charge in [-0.1, -0.05) is 53.1 Å². The largest absolute Gasteiger partial charge is 0.445 e. The van der Waals surface area contributed by atoms with Crippen LogP contribution in [0.5, 0.6) is 0 Å². The summed E-state index contributed by atoms with van der Waals surface area (Å²) in [6, 6.07) is 14.7. The summed E-state index contributed by atoms with van der Waals surface area (Å²) in [7, 11) is -4.09. The fourth-order valence-electron chi connectivity index (χ4n) is 3.10. The molecule has 2 aromatic carbocycles. The normalized spacial score (nSPS) is 19.0. The molecular formula is C20H22N4O5S. The molecule has 1 saturated heterocycles. The highest BCUT2D eigenvalue weighted by atomic mass is 32.2. The number of azide groups is 1. The van der Waals surface area contributed by atoms with Crippen molar-refractivity contribution in [1.29, 1.82) is 0 Å². The van der Waals surface area contributed by atoms with Crippen LogP contribution in [0.4, 0.5) is 4.79 Å². The van der Waals surface area contributed by atoms with Gasteiger partial charge in [-0.25, -0.2) is 4.79 Å². The summed E-state index contributed by atoms with van der Waals surface area (Å²) in [5.41, 5.74) is 10.6. The summed E-state index contributed by atoms with van der Waals surface area (Å²) < 4.78 is 36.0. The molecule has 0 radical (unpaired) electrons. The number of piperidine rings is 1. The molecule has 0 aliphatic carbocycles. The SMILES string of the molecule is Cc1ccc(S(=O)(=O)O[C@H]2CN(C(=O)OCc3ccccc3)CC[C@@H]2N=[N+]=[N-])cc1. The van der Waals surface area contributed by atoms with E-state index in [1.165, 1.54) is 17.0 Å². The lowest BCUT2D eigenvalue weighted by atomic mass is 10.0. The average Bonchev–Trinajstić information content (AvgIpc) is 2.74. The van der Waals surface area contributed by atoms with E-state index in [1.54, 1.807) is 12.1 Å². The van der Waals surface area contributed by atoms with Crippen molar-refractivity contribution in [2.24, 2.45) is 5.11 Å². The van der Waals surface area contributed by atoms with Gasteiger partial charge in [0.15, 0.2) is 0 Å². The first-order chi connectivity index (χ1) is 14.4. The van der Waals surface area contributed by atoms with Crippen molar-refractivity contribution in [3.8, 4) is 0 Å². The molecule has 1 amide bonds. The molecule has 1 fully saturated rings. The summed E-state index contributed by atoms with van der Waals surface area (Å²) in [4.78, 5) is 16.6. The lowest BCUT2D eigenvalue weighted by Gasteiger charge is -2.35. The van der Waals surface area contributed by atoms with Gasteiger partial charge in [-0.05, 0) is 36.6 Å². The molecule has 0 saturated carbocycles. The molecule has 2 atom stereocenters. The number of likely N-dealkylation sites (tertiary alicyclic amines) is 1. The van der Waals surface area contributed by atoms with Gasteiger partial charge in [0.1, 0.15) is 12.7 Å². The van der Waals surface area contributed by atoms with Crippen LogP contribution in [-0.4, -0.2) is 44.6 Å². The molecule has 0 aromatic heterocycles. The van der Waals surface area contributed by atoms with Crippen molar-refractivity contribution in [3.05, 3.63) is 76.2 Å². The van der Waals surface area contributed by atoms with Crippen LogP contribution < -0.4 is 0 Å². The third kappa shape index (κ3) is 5.50. The topological polar surface area (TPSA) is 122 Å². The predicted octanol–water partition coefficient (Wildman–Crippen LogP) is 3.79. The molecule has 0 spiro atoms. The maximum atomic E-state index is 12.7. The summed E-state index contributed by atoms with van der Waals surface area (Å²) in [6.45, 7) is 2.14. The monoisotopic (exact) mass is 430 g/mol. The Balaban J connectivity index is 1.69. The second-order valence-corrected chi connectivity index (χ2v) is 8.52. The van der Waals surface area contributed by atoms with Crippen LogP contribution in [0.15, 0.2) is 64.6 Å². The molecule has 1 heterocycles. The Morgan fingerprint density at radius 1 is 1.20 bits per heavy atom. The Bertz CT molecular complexity index is 1020. The van der Waals surface area contributed by atoms with Crippen LogP contribution in [0.25, 0.3) is 10.4 Å². The molecule has 1 aliphatic rings. The Hall–Kier alpha value is -3.07. The van der Waals surface area contributed by atoms with Gasteiger partial charge in [-0.3, -0.25) is 4.18 Å². The van der Waals surface area contributed by atoms with Crippen molar-refractivity contribution in [2.45, 2.75) is 37.0 Å². The van der Waals surface area contributed by atoms with Crippen molar-refractivity contribution in [2.75, 3.05) is 13.1 Å². The van der Waals surface area contributed by atoms with Gasteiger partial charge in [0, 0.05) is 11.5 Å². The molecule has 158 valence electrons. The number of carbonyl (C=O) groups is 1. The third-order valence-corrected chi connectivity index (χ3v) is 6.10. The molecule has 3 rings (SSSR count). The van der Waals surface area contributed by atoms with Gasteiger partial charge in [-0.2, -0.15) is 8.42 Å². The first-order valence-electron chi connectivity index (χ1n) is 9.39. The third-order valence-electron chi connectivity index (χ3n) is 4.75. The molecule has 0 N–H and O–H groups in total. The van der Waals surface area contributed by atoms with Gasteiger partial charge in [0.2, 0.25) is 0 Å². The highest BCUT2D eigenvalue weighted by Crippen LogP contribution is 2.23. The van der Waals surface area contributed by atoms with E-state index in [-0.39, 0.29) is 31.0 Å². The summed E-state index contributed by atoms with van der Waals surface area (Å²) in [6.07, 6.45) is -1.33. The predicted molar refractivity (Wildman–Crippen MR) is 109 cm³/mol. The number of nitrogens with zero attached hydrogens (tertiary/aromatic N) is 4. The second-order valence-electron chi connectivity index (χ2n) is 6.95. The number of hydrogen-bond donors (Lipinski definition) is 0. The van der Waals surface area contributed by atoms with Crippen LogP contribution in [-0.2, 0) is 25.6 Å². The molecule has 9 nitrogen and oxygen atoms in total. The van der Waals surface area contributed by atoms with E-state index >= 15 is 0 Å². The lowest BCUT2D eigenvalue weighted by molar-refractivity contribution is 0.0487. The zero-order valence-electron chi connectivity index (χ0n) is 16.4. The maximum absolute atomic E-state index is 12.7. The average molecular weight is 430 g/mol. The van der Waals surface area contributed by atoms with Crippen LogP contribution in [0.2, 0.25) is 0 Å². The number of amides is 1. The zero-order chi connectivity index (χ0) is 21.6. The molecule has 2 aromatic rings. The summed E-state index contributed by atoms with van der Waals surface area (Å²) >= 11 is 0. The zero-order valence-corrected chi connectivity index (χ0v) is 17.2. The first-order valence-corrected chi connectivity index (χ1v) is 10.8. The fraction of sp³-hybridized carbons (Fsp3) is 0.350. The number of aryl methyl sites for hydroxylation is 1. The minimum absolute atomic E-state index is 0.00318. The fourth-order valence-corrected chi connectivity index (χ4v) is 4.19. The first kappa shape index (κ1) is 21.6. The quantitative estimate of drug-likeness (QED) is 0.299. The molecule has 0 unspecified atom stereocenters. The highest BCUT2D eigenvalue weighted by molar-refractivity contribution is 7.86. The van der Waals surface area contributed by atoms with E-state index < -0.39 is 28.4 Å². The molecule has 10 heteroatoms. The van der Waals surface area contributed by atoms with Crippen molar-refractivity contribution >= 4 is 16.2 Å². The van der Waals surface area contributed by atoms with Crippen LogP contribution in [0.3, 0.4) is 0 Å². The number of hydrogen-bond acceptors (Lipinski definition) is 6. The number of benzene rings is 2. The van der Waals surface area contributed by atoms with Gasteiger partial charge in [-0.15, -0.1) is 0 Å². The molecule has 1 aliphatic heterocycles. The van der Waals surface area contributed by atoms with E-state index in [1.807, 2.05) is 37.3 Å². The Kier molecular flexibility index (Phi) is 6.94. The van der Waals surface area contributed by atoms with Gasteiger partial charge < -0.3 is 9.64 Å². The maximum Gasteiger partial charge on any atom is 0.410 e. The minimum Gasteiger partial charge on any atom is -0.445 e. The van der Waals surface area contributed by atoms with Crippen molar-refractivity contribution < 1.29 is 22.1 Å². The second kappa shape index (κ2) is 9.62. The summed E-state index contributed by atoms with van der Waals surface area (Å²) in [5.74, 6) is 0. The van der Waals surface area contributed by atoms with Gasteiger partial charge >= 0.3 is 6.09 Å². The summed E-state index contributed by atoms with van der Waals surface area (Å²) in [5, 5.41) is 3.66. The van der Waals surface area contributed by atoms with E-state index in [0.29, 0.717) is 0 Å². The van der Waals surface area contributed by atoms with E-state index in [0.717, 1.165) is 11.1 Å². The highest BCUT2D eigenvalue weighted by Gasteiger charge is 2.36. The lowest BCUT2D eigenvalue weighted by Crippen LogP contribution is -2.50.